The summed E-state index contributed by atoms with van der Waals surface area (Å²) in [6.45, 7) is 3.54. The summed E-state index contributed by atoms with van der Waals surface area (Å²) in [5, 5.41) is 5.72. The van der Waals surface area contributed by atoms with Gasteiger partial charge in [-0.1, -0.05) is 29.8 Å². The van der Waals surface area contributed by atoms with Crippen molar-refractivity contribution in [1.29, 1.82) is 0 Å². The Kier molecular flexibility index (Phi) is 6.40. The van der Waals surface area contributed by atoms with Gasteiger partial charge in [-0.3, -0.25) is 9.59 Å². The molecule has 0 bridgehead atoms. The van der Waals surface area contributed by atoms with Crippen LogP contribution in [0.25, 0.3) is 0 Å². The molecule has 2 heterocycles. The second-order valence-electron chi connectivity index (χ2n) is 5.50. The number of rotatable bonds is 3. The van der Waals surface area contributed by atoms with Gasteiger partial charge in [-0.25, -0.2) is 0 Å². The van der Waals surface area contributed by atoms with Crippen molar-refractivity contribution in [2.45, 2.75) is 13.0 Å². The SMILES string of the molecule is CC(=O)c1csc(C(=O)N2CCNCC2c2ccccc2Cl)c1.Cl. The van der Waals surface area contributed by atoms with E-state index in [1.165, 1.54) is 18.3 Å². The van der Waals surface area contributed by atoms with E-state index in [2.05, 4.69) is 5.32 Å². The maximum absolute atomic E-state index is 12.9. The quantitative estimate of drug-likeness (QED) is 0.818. The van der Waals surface area contributed by atoms with Crippen LogP contribution in [0.1, 0.15) is 38.6 Å². The highest BCUT2D eigenvalue weighted by Crippen LogP contribution is 2.30. The van der Waals surface area contributed by atoms with E-state index in [1.807, 2.05) is 29.2 Å². The second kappa shape index (κ2) is 8.12. The molecule has 1 unspecified atom stereocenters. The fourth-order valence-corrected chi connectivity index (χ4v) is 3.91. The zero-order chi connectivity index (χ0) is 16.4. The molecule has 1 saturated heterocycles. The van der Waals surface area contributed by atoms with Crippen LogP contribution in [0.3, 0.4) is 0 Å². The minimum absolute atomic E-state index is 0. The summed E-state index contributed by atoms with van der Waals surface area (Å²) in [5.41, 5.74) is 1.53. The van der Waals surface area contributed by atoms with Crippen LogP contribution < -0.4 is 5.32 Å². The lowest BCUT2D eigenvalue weighted by Crippen LogP contribution is -2.48. The van der Waals surface area contributed by atoms with E-state index in [0.717, 1.165) is 12.1 Å². The highest BCUT2D eigenvalue weighted by Gasteiger charge is 2.30. The Morgan fingerprint density at radius 3 is 2.75 bits per heavy atom. The van der Waals surface area contributed by atoms with E-state index in [0.29, 0.717) is 28.6 Å². The number of Topliss-reactive ketones (excluding diaryl/α,β-unsaturated/α-hetero) is 1. The van der Waals surface area contributed by atoms with Crippen molar-refractivity contribution in [2.24, 2.45) is 0 Å². The topological polar surface area (TPSA) is 49.4 Å². The highest BCUT2D eigenvalue weighted by atomic mass is 35.5. The first-order valence-corrected chi connectivity index (χ1v) is 8.69. The zero-order valence-corrected chi connectivity index (χ0v) is 15.5. The van der Waals surface area contributed by atoms with Crippen molar-refractivity contribution in [3.63, 3.8) is 0 Å². The molecular weight excluding hydrogens is 367 g/mol. The molecule has 7 heteroatoms. The third kappa shape index (κ3) is 3.81. The van der Waals surface area contributed by atoms with Crippen molar-refractivity contribution in [1.82, 2.24) is 10.2 Å². The predicted octanol–water partition coefficient (Wildman–Crippen LogP) is 3.81. The first kappa shape index (κ1) is 18.9. The van der Waals surface area contributed by atoms with E-state index < -0.39 is 0 Å². The number of piperazine rings is 1. The van der Waals surface area contributed by atoms with Gasteiger partial charge in [-0.05, 0) is 24.6 Å². The number of carbonyl (C=O) groups excluding carboxylic acids is 2. The lowest BCUT2D eigenvalue weighted by Gasteiger charge is -2.36. The Morgan fingerprint density at radius 1 is 1.33 bits per heavy atom. The summed E-state index contributed by atoms with van der Waals surface area (Å²) in [4.78, 5) is 26.8. The Morgan fingerprint density at radius 2 is 2.08 bits per heavy atom. The van der Waals surface area contributed by atoms with Crippen LogP contribution in [-0.2, 0) is 0 Å². The van der Waals surface area contributed by atoms with E-state index in [4.69, 9.17) is 11.6 Å². The molecular formula is C17H18Cl2N2O2S. The molecule has 1 N–H and O–H groups in total. The Labute approximate surface area is 156 Å². The van der Waals surface area contributed by atoms with Crippen molar-refractivity contribution >= 4 is 47.0 Å². The van der Waals surface area contributed by atoms with E-state index >= 15 is 0 Å². The maximum atomic E-state index is 12.9. The van der Waals surface area contributed by atoms with Crippen molar-refractivity contribution < 1.29 is 9.59 Å². The van der Waals surface area contributed by atoms with Gasteiger partial charge in [0.05, 0.1) is 10.9 Å². The Hall–Kier alpha value is -1.40. The minimum Gasteiger partial charge on any atom is -0.328 e. The number of carbonyl (C=O) groups is 2. The summed E-state index contributed by atoms with van der Waals surface area (Å²) in [5.74, 6) is -0.0721. The zero-order valence-electron chi connectivity index (χ0n) is 13.1. The average Bonchev–Trinajstić information content (AvgIpc) is 3.05. The second-order valence-corrected chi connectivity index (χ2v) is 6.81. The Bertz CT molecular complexity index is 748. The first-order valence-electron chi connectivity index (χ1n) is 7.43. The lowest BCUT2D eigenvalue weighted by molar-refractivity contribution is 0.0639. The Balaban J connectivity index is 0.00000208. The molecule has 2 aromatic rings. The average molecular weight is 385 g/mol. The summed E-state index contributed by atoms with van der Waals surface area (Å²) in [6.07, 6.45) is 0. The van der Waals surface area contributed by atoms with E-state index in [-0.39, 0.29) is 30.1 Å². The third-order valence-electron chi connectivity index (χ3n) is 3.99. The number of amides is 1. The van der Waals surface area contributed by atoms with Crippen LogP contribution in [0, 0.1) is 0 Å². The van der Waals surface area contributed by atoms with Gasteiger partial charge >= 0.3 is 0 Å². The molecule has 128 valence electrons. The molecule has 24 heavy (non-hydrogen) atoms. The van der Waals surface area contributed by atoms with Gasteiger partial charge in [0.25, 0.3) is 5.91 Å². The van der Waals surface area contributed by atoms with Crippen molar-refractivity contribution in [3.8, 4) is 0 Å². The molecule has 0 radical (unpaired) electrons. The minimum atomic E-state index is -0.104. The number of thiophene rings is 1. The van der Waals surface area contributed by atoms with Crippen molar-refractivity contribution in [2.75, 3.05) is 19.6 Å². The molecule has 1 atom stereocenters. The summed E-state index contributed by atoms with van der Waals surface area (Å²) < 4.78 is 0. The van der Waals surface area contributed by atoms with Crippen molar-refractivity contribution in [3.05, 3.63) is 56.7 Å². The van der Waals surface area contributed by atoms with Gasteiger partial charge in [0, 0.05) is 35.6 Å². The van der Waals surface area contributed by atoms with Gasteiger partial charge in [0.1, 0.15) is 0 Å². The number of nitrogens with zero attached hydrogens (tertiary/aromatic N) is 1. The monoisotopic (exact) mass is 384 g/mol. The van der Waals surface area contributed by atoms with Crippen LogP contribution in [0.15, 0.2) is 35.7 Å². The standard InChI is InChI=1S/C17H17ClN2O2S.ClH/c1-11(21)12-8-16(23-10-12)17(22)20-7-6-19-9-15(20)13-4-2-3-5-14(13)18;/h2-5,8,10,15,19H,6-7,9H2,1H3;1H. The fraction of sp³-hybridized carbons (Fsp3) is 0.294. The van der Waals surface area contributed by atoms with E-state index in [1.54, 1.807) is 11.4 Å². The number of benzene rings is 1. The number of hydrogen-bond acceptors (Lipinski definition) is 4. The number of nitrogens with one attached hydrogen (secondary N) is 1. The molecule has 0 saturated carbocycles. The molecule has 1 aromatic carbocycles. The summed E-state index contributed by atoms with van der Waals surface area (Å²) in [6, 6.07) is 9.18. The van der Waals surface area contributed by atoms with Crippen LogP contribution in [0.5, 0.6) is 0 Å². The first-order chi connectivity index (χ1) is 11.1. The van der Waals surface area contributed by atoms with Gasteiger partial charge in [-0.15, -0.1) is 23.7 Å². The molecule has 0 spiro atoms. The maximum Gasteiger partial charge on any atom is 0.264 e. The molecule has 1 aliphatic rings. The van der Waals surface area contributed by atoms with Crippen LogP contribution in [-0.4, -0.2) is 36.2 Å². The number of ketones is 1. The lowest BCUT2D eigenvalue weighted by atomic mass is 10.0. The van der Waals surface area contributed by atoms with Gasteiger partial charge in [0.2, 0.25) is 0 Å². The molecule has 0 aliphatic carbocycles. The fourth-order valence-electron chi connectivity index (χ4n) is 2.75. The summed E-state index contributed by atoms with van der Waals surface area (Å²) >= 11 is 7.63. The predicted molar refractivity (Wildman–Crippen MR) is 99.7 cm³/mol. The van der Waals surface area contributed by atoms with E-state index in [9.17, 15) is 9.59 Å². The third-order valence-corrected chi connectivity index (χ3v) is 5.25. The summed E-state index contributed by atoms with van der Waals surface area (Å²) in [7, 11) is 0. The number of hydrogen-bond donors (Lipinski definition) is 1. The molecule has 3 rings (SSSR count). The van der Waals surface area contributed by atoms with Crippen LogP contribution >= 0.6 is 35.3 Å². The molecule has 1 amide bonds. The molecule has 1 aromatic heterocycles. The normalized spacial score (nSPS) is 17.2. The molecule has 1 aliphatic heterocycles. The van der Waals surface area contributed by atoms with Crippen LogP contribution in [0.2, 0.25) is 5.02 Å². The molecule has 4 nitrogen and oxygen atoms in total. The van der Waals surface area contributed by atoms with Crippen LogP contribution in [0.4, 0.5) is 0 Å². The highest BCUT2D eigenvalue weighted by molar-refractivity contribution is 7.12. The molecule has 1 fully saturated rings. The smallest absolute Gasteiger partial charge is 0.264 e. The van der Waals surface area contributed by atoms with Gasteiger partial charge in [-0.2, -0.15) is 0 Å². The van der Waals surface area contributed by atoms with Gasteiger partial charge < -0.3 is 10.2 Å². The van der Waals surface area contributed by atoms with Gasteiger partial charge in [0.15, 0.2) is 5.78 Å². The largest absolute Gasteiger partial charge is 0.328 e. The number of halogens is 2.